The fourth-order valence-electron chi connectivity index (χ4n) is 1.56. The van der Waals surface area contributed by atoms with Crippen LogP contribution in [0.25, 0.3) is 5.52 Å². The van der Waals surface area contributed by atoms with Crippen molar-refractivity contribution in [1.82, 2.24) is 9.61 Å². The molecule has 2 heterocycles. The molecule has 0 aliphatic rings. The van der Waals surface area contributed by atoms with Crippen LogP contribution in [-0.4, -0.2) is 35.8 Å². The maximum atomic E-state index is 11.7. The Hall–Kier alpha value is -2.08. The average molecular weight is 269 g/mol. The molecule has 0 unspecified atom stereocenters. The topological polar surface area (TPSA) is 69.9 Å². The van der Waals surface area contributed by atoms with Gasteiger partial charge in [0.1, 0.15) is 5.56 Å². The van der Waals surface area contributed by atoms with E-state index in [0.717, 1.165) is 0 Å². The molecule has 0 saturated heterocycles. The summed E-state index contributed by atoms with van der Waals surface area (Å²) in [5, 5.41) is 4.40. The maximum Gasteiger partial charge on any atom is 0.359 e. The number of fused-ring (bicyclic) bond motifs is 1. The van der Waals surface area contributed by atoms with Crippen LogP contribution in [0, 0.1) is 0 Å². The van der Waals surface area contributed by atoms with E-state index in [2.05, 4.69) is 14.6 Å². The van der Waals surface area contributed by atoms with Gasteiger partial charge < -0.3 is 9.47 Å². The quantitative estimate of drug-likeness (QED) is 0.773. The molecule has 94 valence electrons. The second-order valence-corrected chi connectivity index (χ2v) is 3.82. The Labute approximate surface area is 107 Å². The van der Waals surface area contributed by atoms with Gasteiger partial charge in [0, 0.05) is 11.2 Å². The van der Waals surface area contributed by atoms with Crippen LogP contribution in [0.1, 0.15) is 20.8 Å². The molecule has 2 aromatic heterocycles. The molecule has 7 heteroatoms. The number of carbonyl (C=O) groups excluding carboxylic acids is 2. The Kier molecular flexibility index (Phi) is 3.20. The number of aromatic nitrogens is 2. The Morgan fingerprint density at radius 2 is 1.94 bits per heavy atom. The molecule has 0 atom stereocenters. The van der Waals surface area contributed by atoms with E-state index in [1.807, 2.05) is 0 Å². The van der Waals surface area contributed by atoms with Crippen molar-refractivity contribution in [2.24, 2.45) is 0 Å². The van der Waals surface area contributed by atoms with Crippen molar-refractivity contribution >= 4 is 29.1 Å². The van der Waals surface area contributed by atoms with Gasteiger partial charge in [-0.1, -0.05) is 11.6 Å². The number of ether oxygens (including phenoxy) is 2. The van der Waals surface area contributed by atoms with Crippen LogP contribution in [0.2, 0.25) is 5.02 Å². The molecule has 0 aliphatic heterocycles. The molecule has 0 aliphatic carbocycles. The number of esters is 2. The summed E-state index contributed by atoms with van der Waals surface area (Å²) >= 11 is 5.85. The standard InChI is InChI=1S/C11H9ClN2O4/c1-17-10(15)8-7-5-6(12)3-4-14(7)13-9(8)11(16)18-2/h3-5H,1-2H3. The van der Waals surface area contributed by atoms with E-state index >= 15 is 0 Å². The highest BCUT2D eigenvalue weighted by molar-refractivity contribution is 6.31. The number of nitrogens with zero attached hydrogens (tertiary/aromatic N) is 2. The summed E-state index contributed by atoms with van der Waals surface area (Å²) in [6, 6.07) is 3.11. The first-order valence-corrected chi connectivity index (χ1v) is 5.30. The van der Waals surface area contributed by atoms with Gasteiger partial charge in [-0.05, 0) is 12.1 Å². The van der Waals surface area contributed by atoms with Crippen LogP contribution in [0.5, 0.6) is 0 Å². The van der Waals surface area contributed by atoms with Gasteiger partial charge in [-0.15, -0.1) is 0 Å². The second kappa shape index (κ2) is 4.66. The van der Waals surface area contributed by atoms with E-state index in [0.29, 0.717) is 10.5 Å². The molecule has 0 N–H and O–H groups in total. The molecule has 0 amide bonds. The molecular weight excluding hydrogens is 260 g/mol. The molecule has 0 spiro atoms. The van der Waals surface area contributed by atoms with Gasteiger partial charge in [-0.3, -0.25) is 0 Å². The van der Waals surface area contributed by atoms with Crippen molar-refractivity contribution in [2.75, 3.05) is 14.2 Å². The molecule has 0 aromatic carbocycles. The monoisotopic (exact) mass is 268 g/mol. The number of carbonyl (C=O) groups is 2. The second-order valence-electron chi connectivity index (χ2n) is 3.38. The van der Waals surface area contributed by atoms with Crippen molar-refractivity contribution in [3.8, 4) is 0 Å². The van der Waals surface area contributed by atoms with Crippen molar-refractivity contribution < 1.29 is 19.1 Å². The van der Waals surface area contributed by atoms with Crippen LogP contribution in [0.3, 0.4) is 0 Å². The molecule has 2 rings (SSSR count). The zero-order chi connectivity index (χ0) is 13.3. The van der Waals surface area contributed by atoms with Gasteiger partial charge in [0.15, 0.2) is 5.69 Å². The summed E-state index contributed by atoms with van der Waals surface area (Å²) < 4.78 is 10.6. The zero-order valence-corrected chi connectivity index (χ0v) is 10.4. The van der Waals surface area contributed by atoms with Crippen molar-refractivity contribution in [3.63, 3.8) is 0 Å². The van der Waals surface area contributed by atoms with Gasteiger partial charge in [0.05, 0.1) is 19.7 Å². The minimum Gasteiger partial charge on any atom is -0.465 e. The van der Waals surface area contributed by atoms with Crippen molar-refractivity contribution in [1.29, 1.82) is 0 Å². The van der Waals surface area contributed by atoms with Crippen molar-refractivity contribution in [3.05, 3.63) is 34.6 Å². The van der Waals surface area contributed by atoms with Crippen LogP contribution in [0.15, 0.2) is 18.3 Å². The lowest BCUT2D eigenvalue weighted by Gasteiger charge is -1.99. The number of methoxy groups -OCH3 is 2. The van der Waals surface area contributed by atoms with Gasteiger partial charge >= 0.3 is 11.9 Å². The summed E-state index contributed by atoms with van der Waals surface area (Å²) in [4.78, 5) is 23.3. The number of hydrogen-bond acceptors (Lipinski definition) is 5. The fourth-order valence-corrected chi connectivity index (χ4v) is 1.72. The zero-order valence-electron chi connectivity index (χ0n) is 9.64. The summed E-state index contributed by atoms with van der Waals surface area (Å²) in [7, 11) is 2.43. The van der Waals surface area contributed by atoms with Crippen LogP contribution in [-0.2, 0) is 9.47 Å². The largest absolute Gasteiger partial charge is 0.465 e. The molecule has 0 saturated carbocycles. The van der Waals surface area contributed by atoms with Crippen LogP contribution >= 0.6 is 11.6 Å². The summed E-state index contributed by atoms with van der Waals surface area (Å²) in [6.07, 6.45) is 1.54. The first kappa shape index (κ1) is 12.4. The number of pyridine rings is 1. The number of hydrogen-bond donors (Lipinski definition) is 0. The predicted octanol–water partition coefficient (Wildman–Crippen LogP) is 1.56. The SMILES string of the molecule is COC(=O)c1nn2ccc(Cl)cc2c1C(=O)OC. The smallest absolute Gasteiger partial charge is 0.359 e. The van der Waals surface area contributed by atoms with Gasteiger partial charge in [-0.25, -0.2) is 14.1 Å². The normalized spacial score (nSPS) is 10.4. The lowest BCUT2D eigenvalue weighted by molar-refractivity contribution is 0.0553. The molecule has 0 bridgehead atoms. The average Bonchev–Trinajstić information content (AvgIpc) is 2.75. The third-order valence-electron chi connectivity index (χ3n) is 2.37. The van der Waals surface area contributed by atoms with Crippen molar-refractivity contribution in [2.45, 2.75) is 0 Å². The minimum absolute atomic E-state index is 0.0341. The summed E-state index contributed by atoms with van der Waals surface area (Å²) in [5.74, 6) is -1.39. The molecule has 18 heavy (non-hydrogen) atoms. The van der Waals surface area contributed by atoms with Crippen LogP contribution < -0.4 is 0 Å². The van der Waals surface area contributed by atoms with Gasteiger partial charge in [0.25, 0.3) is 0 Å². The molecule has 2 aromatic rings. The summed E-state index contributed by atoms with van der Waals surface area (Å²) in [6.45, 7) is 0. The highest BCUT2D eigenvalue weighted by atomic mass is 35.5. The third kappa shape index (κ3) is 1.91. The Morgan fingerprint density at radius 3 is 2.56 bits per heavy atom. The Bertz CT molecular complexity index is 635. The maximum absolute atomic E-state index is 11.7. The van der Waals surface area contributed by atoms with Gasteiger partial charge in [0.2, 0.25) is 0 Å². The van der Waals surface area contributed by atoms with E-state index in [1.54, 1.807) is 6.07 Å². The van der Waals surface area contributed by atoms with E-state index in [1.165, 1.54) is 31.0 Å². The first-order valence-electron chi connectivity index (χ1n) is 4.93. The number of rotatable bonds is 2. The lowest BCUT2D eigenvalue weighted by atomic mass is 10.2. The fraction of sp³-hybridized carbons (Fsp3) is 0.182. The van der Waals surface area contributed by atoms with Gasteiger partial charge in [-0.2, -0.15) is 5.10 Å². The Morgan fingerprint density at radius 1 is 1.28 bits per heavy atom. The van der Waals surface area contributed by atoms with Crippen LogP contribution in [0.4, 0.5) is 0 Å². The van der Waals surface area contributed by atoms with E-state index in [4.69, 9.17) is 11.6 Å². The molecule has 6 nitrogen and oxygen atoms in total. The highest BCUT2D eigenvalue weighted by Gasteiger charge is 2.26. The minimum atomic E-state index is -0.713. The number of halogens is 1. The third-order valence-corrected chi connectivity index (χ3v) is 2.60. The van der Waals surface area contributed by atoms with E-state index < -0.39 is 11.9 Å². The Balaban J connectivity index is 2.77. The molecule has 0 fully saturated rings. The highest BCUT2D eigenvalue weighted by Crippen LogP contribution is 2.21. The molecular formula is C11H9ClN2O4. The first-order chi connectivity index (χ1) is 8.58. The lowest BCUT2D eigenvalue weighted by Crippen LogP contribution is -2.10. The predicted molar refractivity (Wildman–Crippen MR) is 62.9 cm³/mol. The van der Waals surface area contributed by atoms with E-state index in [9.17, 15) is 9.59 Å². The molecule has 0 radical (unpaired) electrons. The van der Waals surface area contributed by atoms with E-state index in [-0.39, 0.29) is 11.3 Å². The summed E-state index contributed by atoms with van der Waals surface area (Å²) in [5.41, 5.74) is 0.313.